The van der Waals surface area contributed by atoms with Crippen LogP contribution in [0.25, 0.3) is 11.4 Å². The lowest BCUT2D eigenvalue weighted by molar-refractivity contribution is -0.113. The van der Waals surface area contributed by atoms with Crippen LogP contribution < -0.4 is 14.8 Å². The minimum atomic E-state index is -0.157. The van der Waals surface area contributed by atoms with Gasteiger partial charge in [-0.05, 0) is 30.7 Å². The summed E-state index contributed by atoms with van der Waals surface area (Å²) in [4.78, 5) is 16.5. The zero-order valence-electron chi connectivity index (χ0n) is 16.6. The normalized spacial score (nSPS) is 10.6. The van der Waals surface area contributed by atoms with Crippen LogP contribution in [0.5, 0.6) is 11.5 Å². The Kier molecular flexibility index (Phi) is 7.07. The van der Waals surface area contributed by atoms with E-state index in [1.807, 2.05) is 16.7 Å². The number of amides is 1. The van der Waals surface area contributed by atoms with Crippen molar-refractivity contribution in [2.75, 3.05) is 25.3 Å². The second-order valence-electron chi connectivity index (χ2n) is 6.10. The maximum Gasteiger partial charge on any atom is 0.234 e. The van der Waals surface area contributed by atoms with Gasteiger partial charge in [0.05, 0.1) is 25.7 Å². The third kappa shape index (κ3) is 5.05. The molecule has 0 atom stereocenters. The van der Waals surface area contributed by atoms with E-state index in [-0.39, 0.29) is 11.7 Å². The summed E-state index contributed by atoms with van der Waals surface area (Å²) in [5, 5.41) is 12.2. The van der Waals surface area contributed by atoms with Crippen molar-refractivity contribution >= 4 is 23.4 Å². The van der Waals surface area contributed by atoms with Crippen LogP contribution in [0.15, 0.2) is 47.9 Å². The van der Waals surface area contributed by atoms with Gasteiger partial charge in [0, 0.05) is 30.6 Å². The molecule has 152 valence electrons. The highest BCUT2D eigenvalue weighted by Crippen LogP contribution is 2.29. The van der Waals surface area contributed by atoms with E-state index in [0.29, 0.717) is 22.3 Å². The van der Waals surface area contributed by atoms with Crippen LogP contribution in [0.1, 0.15) is 13.3 Å². The van der Waals surface area contributed by atoms with Crippen LogP contribution in [0, 0.1) is 0 Å². The van der Waals surface area contributed by atoms with Crippen LogP contribution in [0.2, 0.25) is 0 Å². The summed E-state index contributed by atoms with van der Waals surface area (Å²) in [6, 6.07) is 9.04. The highest BCUT2D eigenvalue weighted by molar-refractivity contribution is 7.99. The molecule has 0 saturated heterocycles. The van der Waals surface area contributed by atoms with Gasteiger partial charge in [0.1, 0.15) is 11.5 Å². The van der Waals surface area contributed by atoms with Gasteiger partial charge in [0.2, 0.25) is 5.91 Å². The molecule has 1 amide bonds. The van der Waals surface area contributed by atoms with Gasteiger partial charge >= 0.3 is 0 Å². The van der Waals surface area contributed by atoms with Gasteiger partial charge < -0.3 is 19.4 Å². The first-order chi connectivity index (χ1) is 14.2. The number of hydrogen-bond acceptors (Lipinski definition) is 7. The zero-order valence-corrected chi connectivity index (χ0v) is 17.4. The highest BCUT2D eigenvalue weighted by Gasteiger charge is 2.16. The van der Waals surface area contributed by atoms with E-state index in [2.05, 4.69) is 27.4 Å². The third-order valence-electron chi connectivity index (χ3n) is 4.12. The van der Waals surface area contributed by atoms with Gasteiger partial charge in [0.15, 0.2) is 11.0 Å². The Hall–Kier alpha value is -3.07. The van der Waals surface area contributed by atoms with Crippen molar-refractivity contribution in [1.29, 1.82) is 0 Å². The van der Waals surface area contributed by atoms with Crippen LogP contribution in [-0.4, -0.2) is 45.6 Å². The smallest absolute Gasteiger partial charge is 0.234 e. The molecule has 1 N–H and O–H groups in total. The Morgan fingerprint density at radius 2 is 1.93 bits per heavy atom. The van der Waals surface area contributed by atoms with E-state index in [1.54, 1.807) is 44.8 Å². The van der Waals surface area contributed by atoms with Crippen molar-refractivity contribution in [3.8, 4) is 22.9 Å². The van der Waals surface area contributed by atoms with Crippen molar-refractivity contribution in [1.82, 2.24) is 19.7 Å². The summed E-state index contributed by atoms with van der Waals surface area (Å²) in [7, 11) is 3.13. The number of carbonyl (C=O) groups excluding carboxylic acids is 1. The Balaban J connectivity index is 1.70. The van der Waals surface area contributed by atoms with Crippen molar-refractivity contribution < 1.29 is 14.3 Å². The lowest BCUT2D eigenvalue weighted by Crippen LogP contribution is -2.15. The first-order valence-electron chi connectivity index (χ1n) is 9.14. The molecule has 0 aliphatic rings. The molecule has 0 fully saturated rings. The number of nitrogens with zero attached hydrogens (tertiary/aromatic N) is 4. The molecule has 2 heterocycles. The molecule has 29 heavy (non-hydrogen) atoms. The van der Waals surface area contributed by atoms with E-state index >= 15 is 0 Å². The van der Waals surface area contributed by atoms with Gasteiger partial charge in [-0.3, -0.25) is 9.78 Å². The van der Waals surface area contributed by atoms with Crippen molar-refractivity contribution in [3.05, 3.63) is 42.7 Å². The van der Waals surface area contributed by atoms with Gasteiger partial charge in [-0.2, -0.15) is 0 Å². The Bertz CT molecular complexity index is 962. The first-order valence-corrected chi connectivity index (χ1v) is 10.1. The molecule has 0 aliphatic carbocycles. The summed E-state index contributed by atoms with van der Waals surface area (Å²) in [6.45, 7) is 2.86. The maximum absolute atomic E-state index is 12.5. The lowest BCUT2D eigenvalue weighted by Gasteiger charge is -2.12. The lowest BCUT2D eigenvalue weighted by atomic mass is 10.2. The fraction of sp³-hybridized carbons (Fsp3) is 0.300. The molecule has 9 heteroatoms. The number of methoxy groups -OCH3 is 2. The summed E-state index contributed by atoms with van der Waals surface area (Å²) in [6.07, 6.45) is 4.38. The number of pyridine rings is 1. The van der Waals surface area contributed by atoms with Crippen molar-refractivity contribution in [2.24, 2.45) is 0 Å². The average molecular weight is 414 g/mol. The minimum Gasteiger partial charge on any atom is -0.497 e. The number of carbonyl (C=O) groups is 1. The average Bonchev–Trinajstić information content (AvgIpc) is 3.16. The molecule has 0 saturated carbocycles. The van der Waals surface area contributed by atoms with Gasteiger partial charge in [-0.1, -0.05) is 18.7 Å². The predicted octanol–water partition coefficient (Wildman–Crippen LogP) is 3.50. The number of ether oxygens (including phenoxy) is 2. The molecule has 0 aliphatic heterocycles. The van der Waals surface area contributed by atoms with Crippen LogP contribution in [-0.2, 0) is 11.3 Å². The molecule has 1 aromatic carbocycles. The number of anilines is 1. The van der Waals surface area contributed by atoms with Crippen LogP contribution in [0.3, 0.4) is 0 Å². The fourth-order valence-corrected chi connectivity index (χ4v) is 3.52. The maximum atomic E-state index is 12.5. The van der Waals surface area contributed by atoms with Crippen molar-refractivity contribution in [2.45, 2.75) is 25.0 Å². The monoisotopic (exact) mass is 413 g/mol. The van der Waals surface area contributed by atoms with Crippen LogP contribution >= 0.6 is 11.8 Å². The van der Waals surface area contributed by atoms with E-state index in [4.69, 9.17) is 9.47 Å². The second-order valence-corrected chi connectivity index (χ2v) is 7.04. The van der Waals surface area contributed by atoms with E-state index in [9.17, 15) is 4.79 Å². The second kappa shape index (κ2) is 9.92. The van der Waals surface area contributed by atoms with E-state index in [0.717, 1.165) is 24.4 Å². The zero-order chi connectivity index (χ0) is 20.6. The molecule has 0 bridgehead atoms. The molecule has 0 spiro atoms. The van der Waals surface area contributed by atoms with Gasteiger partial charge in [-0.25, -0.2) is 0 Å². The largest absolute Gasteiger partial charge is 0.497 e. The van der Waals surface area contributed by atoms with Gasteiger partial charge in [0.25, 0.3) is 0 Å². The SMILES string of the molecule is CCCn1c(SCC(=O)Nc2ccc(OC)cc2OC)nnc1-c1ccncc1. The molecule has 3 rings (SSSR count). The van der Waals surface area contributed by atoms with E-state index in [1.165, 1.54) is 11.8 Å². The predicted molar refractivity (Wildman–Crippen MR) is 112 cm³/mol. The minimum absolute atomic E-state index is 0.157. The summed E-state index contributed by atoms with van der Waals surface area (Å²) < 4.78 is 12.5. The molecule has 0 radical (unpaired) electrons. The number of benzene rings is 1. The number of aromatic nitrogens is 4. The quantitative estimate of drug-likeness (QED) is 0.537. The molecule has 0 unspecified atom stereocenters. The standard InChI is InChI=1S/C20H23N5O3S/c1-4-11-25-19(14-7-9-21-10-8-14)23-24-20(25)29-13-18(26)22-16-6-5-15(27-2)12-17(16)28-3/h5-10,12H,4,11,13H2,1-3H3,(H,22,26). The van der Waals surface area contributed by atoms with Crippen molar-refractivity contribution in [3.63, 3.8) is 0 Å². The number of thioether (sulfide) groups is 1. The molecular weight excluding hydrogens is 390 g/mol. The molecular formula is C20H23N5O3S. The summed E-state index contributed by atoms with van der Waals surface area (Å²) in [5.41, 5.74) is 1.53. The Morgan fingerprint density at radius 3 is 2.62 bits per heavy atom. The van der Waals surface area contributed by atoms with Crippen LogP contribution in [0.4, 0.5) is 5.69 Å². The Labute approximate surface area is 173 Å². The Morgan fingerprint density at radius 1 is 1.14 bits per heavy atom. The molecule has 2 aromatic heterocycles. The topological polar surface area (TPSA) is 91.2 Å². The fourth-order valence-electron chi connectivity index (χ4n) is 2.75. The summed E-state index contributed by atoms with van der Waals surface area (Å²) >= 11 is 1.35. The highest BCUT2D eigenvalue weighted by atomic mass is 32.2. The number of hydrogen-bond donors (Lipinski definition) is 1. The van der Waals surface area contributed by atoms with Gasteiger partial charge in [-0.15, -0.1) is 10.2 Å². The number of rotatable bonds is 9. The first kappa shape index (κ1) is 20.7. The molecule has 8 nitrogen and oxygen atoms in total. The third-order valence-corrected chi connectivity index (χ3v) is 5.08. The number of nitrogens with one attached hydrogen (secondary N) is 1. The van der Waals surface area contributed by atoms with E-state index < -0.39 is 0 Å². The molecule has 3 aromatic rings. The summed E-state index contributed by atoms with van der Waals surface area (Å²) in [5.74, 6) is 2.01.